The Kier molecular flexibility index (Phi) is 10.1. The number of aromatic amines is 1. The van der Waals surface area contributed by atoms with Gasteiger partial charge in [-0.25, -0.2) is 18.4 Å². The monoisotopic (exact) mass is 580 g/mol. The van der Waals surface area contributed by atoms with Gasteiger partial charge in [-0.3, -0.25) is 13.3 Å². The molecule has 2 aromatic rings. The number of phosphoric ester groups is 1. The maximum absolute atomic E-state index is 12.3. The van der Waals surface area contributed by atoms with Gasteiger partial charge in [0.15, 0.2) is 0 Å². The maximum Gasteiger partial charge on any atom is 0.487 e. The van der Waals surface area contributed by atoms with E-state index in [1.807, 2.05) is 13.8 Å². The summed E-state index contributed by atoms with van der Waals surface area (Å²) in [6.07, 6.45) is 0.0350. The van der Waals surface area contributed by atoms with E-state index in [1.165, 1.54) is 11.9 Å². The van der Waals surface area contributed by atoms with Crippen LogP contribution in [0.25, 0.3) is 11.0 Å². The van der Waals surface area contributed by atoms with Crippen molar-refractivity contribution in [2.45, 2.75) is 45.5 Å². The van der Waals surface area contributed by atoms with Crippen LogP contribution in [0.4, 0.5) is 0 Å². The van der Waals surface area contributed by atoms with E-state index in [0.717, 1.165) is 0 Å². The second-order valence-corrected chi connectivity index (χ2v) is 11.9. The highest BCUT2D eigenvalue weighted by Gasteiger charge is 2.40. The van der Waals surface area contributed by atoms with Crippen LogP contribution >= 0.6 is 35.4 Å². The summed E-state index contributed by atoms with van der Waals surface area (Å²) < 4.78 is 52.5. The highest BCUT2D eigenvalue weighted by atomic mass is 32.2. The summed E-state index contributed by atoms with van der Waals surface area (Å²) in [5, 5.41) is 10.3. The van der Waals surface area contributed by atoms with Crippen molar-refractivity contribution in [1.82, 2.24) is 13.9 Å². The van der Waals surface area contributed by atoms with Gasteiger partial charge in [0.2, 0.25) is 0 Å². The molecule has 1 fully saturated rings. The van der Waals surface area contributed by atoms with E-state index < -0.39 is 48.4 Å². The molecule has 3 unspecified atom stereocenters. The highest BCUT2D eigenvalue weighted by molar-refractivity contribution is 7.97. The molecule has 0 bridgehead atoms. The van der Waals surface area contributed by atoms with Crippen molar-refractivity contribution in [3.8, 4) is 0 Å². The number of fused-ring (bicyclic) bond motifs is 1. The van der Waals surface area contributed by atoms with Crippen LogP contribution in [-0.2, 0) is 31.6 Å². The molecular formula is C15H25N3O13P3S-. The lowest BCUT2D eigenvalue weighted by molar-refractivity contribution is -0.220. The molecule has 0 aliphatic carbocycles. The molecule has 1 aliphatic rings. The third-order valence-corrected chi connectivity index (χ3v) is 8.79. The molecule has 20 heteroatoms. The predicted molar refractivity (Wildman–Crippen MR) is 121 cm³/mol. The van der Waals surface area contributed by atoms with E-state index in [4.69, 9.17) is 19.4 Å². The number of aliphatic hydroxyl groups is 1. The molecule has 0 radical (unpaired) electrons. The average Bonchev–Trinajstić information content (AvgIpc) is 3.25. The summed E-state index contributed by atoms with van der Waals surface area (Å²) >= 11 is 1.22. The van der Waals surface area contributed by atoms with Gasteiger partial charge in [-0.1, -0.05) is 13.8 Å². The Morgan fingerprint density at radius 2 is 1.91 bits per heavy atom. The van der Waals surface area contributed by atoms with Gasteiger partial charge in [0.05, 0.1) is 18.8 Å². The summed E-state index contributed by atoms with van der Waals surface area (Å²) in [7, 11) is -16.9. The largest absolute Gasteiger partial charge is 0.756 e. The Bertz CT molecular complexity index is 1240. The van der Waals surface area contributed by atoms with E-state index in [0.29, 0.717) is 16.9 Å². The molecule has 0 amide bonds. The van der Waals surface area contributed by atoms with Crippen LogP contribution in [0.1, 0.15) is 37.8 Å². The fourth-order valence-corrected chi connectivity index (χ4v) is 6.72. The van der Waals surface area contributed by atoms with Crippen LogP contribution in [0, 0.1) is 6.92 Å². The lowest BCUT2D eigenvalue weighted by Gasteiger charge is -2.26. The number of nitrogens with zero attached hydrogens (tertiary/aromatic N) is 2. The Balaban J connectivity index is 0.00000210. The number of phosphoric acid groups is 3. The first-order chi connectivity index (χ1) is 16.1. The number of rotatable bonds is 9. The van der Waals surface area contributed by atoms with Crippen molar-refractivity contribution < 1.29 is 56.3 Å². The van der Waals surface area contributed by atoms with Crippen molar-refractivity contribution in [1.29, 1.82) is 0 Å². The van der Waals surface area contributed by atoms with E-state index in [9.17, 15) is 28.5 Å². The normalized spacial score (nSPS) is 24.0. The molecule has 16 nitrogen and oxygen atoms in total. The van der Waals surface area contributed by atoms with Crippen molar-refractivity contribution in [2.24, 2.45) is 0 Å². The van der Waals surface area contributed by atoms with E-state index >= 15 is 0 Å². The molecule has 0 spiro atoms. The second kappa shape index (κ2) is 11.7. The van der Waals surface area contributed by atoms with Crippen LogP contribution in [0.5, 0.6) is 0 Å². The summed E-state index contributed by atoms with van der Waals surface area (Å²) in [4.78, 5) is 57.2. The third kappa shape index (κ3) is 8.04. The van der Waals surface area contributed by atoms with Crippen LogP contribution < -0.4 is 10.5 Å². The molecular weight excluding hydrogens is 555 g/mol. The second-order valence-electron chi connectivity index (χ2n) is 6.77. The van der Waals surface area contributed by atoms with E-state index in [1.54, 1.807) is 23.3 Å². The number of hydrogen-bond donors (Lipinski definition) is 5. The average molecular weight is 580 g/mol. The van der Waals surface area contributed by atoms with Crippen molar-refractivity contribution in [2.75, 3.05) is 12.9 Å². The topological polar surface area (TPSA) is 243 Å². The van der Waals surface area contributed by atoms with Gasteiger partial charge in [-0.15, -0.1) is 0 Å². The summed E-state index contributed by atoms with van der Waals surface area (Å²) in [5.41, 5.74) is 0.679. The minimum atomic E-state index is -5.72. The lowest BCUT2D eigenvalue weighted by Crippen LogP contribution is -2.27. The Labute approximate surface area is 203 Å². The van der Waals surface area contributed by atoms with Gasteiger partial charge >= 0.3 is 15.6 Å². The Morgan fingerprint density at radius 1 is 1.29 bits per heavy atom. The molecule has 0 saturated carbocycles. The van der Waals surface area contributed by atoms with Crippen LogP contribution in [0.15, 0.2) is 11.0 Å². The van der Waals surface area contributed by atoms with Gasteiger partial charge in [0, 0.05) is 24.4 Å². The summed E-state index contributed by atoms with van der Waals surface area (Å²) in [6, 6.07) is 0. The van der Waals surface area contributed by atoms with Crippen LogP contribution in [-0.4, -0.2) is 58.8 Å². The fraction of sp³-hybridized carbons (Fsp3) is 0.600. The summed E-state index contributed by atoms with van der Waals surface area (Å²) in [5.74, 6) is 0.349. The molecule has 200 valence electrons. The number of ether oxygens (including phenoxy) is 1. The number of aryl methyl sites for hydroxylation is 1. The van der Waals surface area contributed by atoms with Crippen molar-refractivity contribution in [3.63, 3.8) is 0 Å². The molecule has 1 aliphatic heterocycles. The SMILES string of the molecule is CC.CSn1cc([C@H]2CC(O)[C@@H](COP(=O)([O-])OP(=O)(O)OP(=O)(O)O)O2)c2nc(C)[nH]c(=O)c21. The Hall–Kier alpha value is -0.900. The minimum Gasteiger partial charge on any atom is -0.756 e. The molecule has 5 atom stereocenters. The van der Waals surface area contributed by atoms with Gasteiger partial charge in [0.25, 0.3) is 13.4 Å². The number of hydrogen-bond acceptors (Lipinski definition) is 12. The molecule has 3 heterocycles. The smallest absolute Gasteiger partial charge is 0.487 e. The van der Waals surface area contributed by atoms with Crippen LogP contribution in [0.2, 0.25) is 0 Å². The molecule has 35 heavy (non-hydrogen) atoms. The van der Waals surface area contributed by atoms with E-state index in [-0.39, 0.29) is 17.5 Å². The first-order valence-electron chi connectivity index (χ1n) is 9.87. The zero-order valence-corrected chi connectivity index (χ0v) is 22.3. The molecule has 0 aromatic carbocycles. The number of aromatic nitrogens is 3. The molecule has 1 saturated heterocycles. The zero-order valence-electron chi connectivity index (χ0n) is 18.8. The van der Waals surface area contributed by atoms with Crippen LogP contribution in [0.3, 0.4) is 0 Å². The first kappa shape index (κ1) is 30.3. The van der Waals surface area contributed by atoms with Crippen molar-refractivity contribution >= 4 is 46.4 Å². The lowest BCUT2D eigenvalue weighted by atomic mass is 10.1. The first-order valence-corrected chi connectivity index (χ1v) is 15.5. The molecule has 5 N–H and O–H groups in total. The predicted octanol–water partition coefficient (Wildman–Crippen LogP) is 1.09. The number of H-pyrrole nitrogens is 1. The zero-order chi connectivity index (χ0) is 26.8. The Morgan fingerprint density at radius 3 is 2.49 bits per heavy atom. The number of aliphatic hydroxyl groups excluding tert-OH is 1. The maximum atomic E-state index is 12.3. The van der Waals surface area contributed by atoms with Gasteiger partial charge in [-0.05, 0) is 18.9 Å². The highest BCUT2D eigenvalue weighted by Crippen LogP contribution is 2.65. The van der Waals surface area contributed by atoms with E-state index in [2.05, 4.69) is 23.1 Å². The van der Waals surface area contributed by atoms with Gasteiger partial charge in [0.1, 0.15) is 23.0 Å². The third-order valence-electron chi connectivity index (χ3n) is 4.34. The minimum absolute atomic E-state index is 0.0150. The van der Waals surface area contributed by atoms with Crippen molar-refractivity contribution in [3.05, 3.63) is 27.9 Å². The van der Waals surface area contributed by atoms with Gasteiger partial charge < -0.3 is 38.9 Å². The molecule has 2 aromatic heterocycles. The quantitative estimate of drug-likeness (QED) is 0.261. The fourth-order valence-electron chi connectivity index (χ4n) is 3.16. The standard InChI is InChI=1S/C13H20N3O13P3S.C2H6/c1-6-14-11-7(4-16(33-2)12(11)13(18)15-6)9-3-8(17)10(27-9)5-26-31(22,23)29-32(24,25)28-30(19,20)21;1-2/h4,8-10,17H,3,5H2,1-2H3,(H,22,23)(H,24,25)(H,14,15,18)(H2,19,20,21);1-2H3/p-1/t8?,9-,10-;/m1./s1. The summed E-state index contributed by atoms with van der Waals surface area (Å²) in [6.45, 7) is 4.73. The number of nitrogens with one attached hydrogen (secondary N) is 1. The van der Waals surface area contributed by atoms with Gasteiger partial charge in [-0.2, -0.15) is 4.31 Å². The molecule has 3 rings (SSSR count).